The summed E-state index contributed by atoms with van der Waals surface area (Å²) < 4.78 is 0. The molecule has 1 aromatic carbocycles. The van der Waals surface area contributed by atoms with E-state index in [9.17, 15) is 9.59 Å². The van der Waals surface area contributed by atoms with E-state index in [0.717, 1.165) is 11.3 Å². The van der Waals surface area contributed by atoms with Gasteiger partial charge >= 0.3 is 12.0 Å². The Hall–Kier alpha value is -2.04. The molecule has 2 N–H and O–H groups in total. The van der Waals surface area contributed by atoms with E-state index in [1.54, 1.807) is 0 Å². The summed E-state index contributed by atoms with van der Waals surface area (Å²) in [5.41, 5.74) is 2.37. The molecule has 0 unspecified atom stereocenters. The van der Waals surface area contributed by atoms with Gasteiger partial charge in [-0.05, 0) is 24.5 Å². The fraction of sp³-hybridized carbons (Fsp3) is 0.385. The molecule has 0 aromatic heterocycles. The maximum Gasteiger partial charge on any atom is 0.323 e. The zero-order chi connectivity index (χ0) is 13.5. The summed E-state index contributed by atoms with van der Waals surface area (Å²) >= 11 is 0. The fourth-order valence-electron chi connectivity index (χ4n) is 1.60. The van der Waals surface area contributed by atoms with Crippen LogP contribution < -0.4 is 5.32 Å². The number of amides is 2. The normalized spacial score (nSPS) is 9.89. The minimum absolute atomic E-state index is 0.295. The lowest BCUT2D eigenvalue weighted by Crippen LogP contribution is -2.40. The lowest BCUT2D eigenvalue weighted by Gasteiger charge is -2.15. The molecule has 5 nitrogen and oxygen atoms in total. The highest BCUT2D eigenvalue weighted by Gasteiger charge is 2.10. The third-order valence-corrected chi connectivity index (χ3v) is 2.65. The number of carboxylic acids is 1. The quantitative estimate of drug-likeness (QED) is 0.826. The van der Waals surface area contributed by atoms with Crippen LogP contribution in [0.4, 0.5) is 4.79 Å². The highest BCUT2D eigenvalue weighted by Crippen LogP contribution is 2.06. The number of likely N-dealkylation sites (N-methyl/N-ethyl adjacent to an activating group) is 1. The molecule has 0 aliphatic carbocycles. The van der Waals surface area contributed by atoms with Crippen LogP contribution in [0.25, 0.3) is 0 Å². The van der Waals surface area contributed by atoms with Gasteiger partial charge in [0.1, 0.15) is 6.54 Å². The van der Waals surface area contributed by atoms with E-state index in [0.29, 0.717) is 6.54 Å². The number of carbonyl (C=O) groups is 2. The first-order valence-electron chi connectivity index (χ1n) is 5.76. The van der Waals surface area contributed by atoms with Gasteiger partial charge in [-0.25, -0.2) is 4.79 Å². The largest absolute Gasteiger partial charge is 0.480 e. The smallest absolute Gasteiger partial charge is 0.323 e. The maximum atomic E-state index is 11.5. The first-order valence-corrected chi connectivity index (χ1v) is 5.76. The van der Waals surface area contributed by atoms with Crippen LogP contribution in [-0.4, -0.2) is 42.1 Å². The predicted molar refractivity (Wildman–Crippen MR) is 68.5 cm³/mol. The first kappa shape index (κ1) is 14.0. The SMILES string of the molecule is Cc1ccccc1CCNC(=O)N(C)CC(=O)O. The molecule has 5 heteroatoms. The van der Waals surface area contributed by atoms with Gasteiger partial charge < -0.3 is 15.3 Å². The van der Waals surface area contributed by atoms with Crippen molar-refractivity contribution >= 4 is 12.0 Å². The molecule has 98 valence electrons. The van der Waals surface area contributed by atoms with Crippen molar-refractivity contribution in [3.8, 4) is 0 Å². The number of hydrogen-bond donors (Lipinski definition) is 2. The van der Waals surface area contributed by atoms with Crippen molar-refractivity contribution < 1.29 is 14.7 Å². The number of aliphatic carboxylic acids is 1. The Morgan fingerprint density at radius 3 is 2.61 bits per heavy atom. The molecule has 0 heterocycles. The maximum absolute atomic E-state index is 11.5. The van der Waals surface area contributed by atoms with Gasteiger partial charge in [0.15, 0.2) is 0 Å². The Morgan fingerprint density at radius 2 is 2.00 bits per heavy atom. The van der Waals surface area contributed by atoms with Crippen LogP contribution in [0.3, 0.4) is 0 Å². The standard InChI is InChI=1S/C13H18N2O3/c1-10-5-3-4-6-11(10)7-8-14-13(18)15(2)9-12(16)17/h3-6H,7-9H2,1-2H3,(H,14,18)(H,16,17). The molecular weight excluding hydrogens is 232 g/mol. The summed E-state index contributed by atoms with van der Waals surface area (Å²) in [5.74, 6) is -1.02. The number of hydrogen-bond acceptors (Lipinski definition) is 2. The zero-order valence-electron chi connectivity index (χ0n) is 10.6. The number of carboxylic acid groups (broad SMARTS) is 1. The number of nitrogens with one attached hydrogen (secondary N) is 1. The third-order valence-electron chi connectivity index (χ3n) is 2.65. The number of nitrogens with zero attached hydrogens (tertiary/aromatic N) is 1. The second-order valence-electron chi connectivity index (χ2n) is 4.16. The molecule has 0 spiro atoms. The summed E-state index contributed by atoms with van der Waals surface area (Å²) in [6.45, 7) is 2.22. The molecule has 0 bridgehead atoms. The number of urea groups is 1. The minimum Gasteiger partial charge on any atom is -0.480 e. The van der Waals surface area contributed by atoms with Crippen molar-refractivity contribution in [2.45, 2.75) is 13.3 Å². The number of rotatable bonds is 5. The first-order chi connectivity index (χ1) is 8.50. The highest BCUT2D eigenvalue weighted by molar-refractivity contribution is 5.79. The van der Waals surface area contributed by atoms with Gasteiger partial charge in [-0.3, -0.25) is 4.79 Å². The summed E-state index contributed by atoms with van der Waals surface area (Å²) in [5, 5.41) is 11.2. The Kier molecular flexibility index (Phi) is 5.17. The molecule has 0 atom stereocenters. The Labute approximate surface area is 106 Å². The molecule has 0 fully saturated rings. The average Bonchev–Trinajstić information content (AvgIpc) is 2.30. The molecule has 0 radical (unpaired) electrons. The lowest BCUT2D eigenvalue weighted by atomic mass is 10.1. The van der Waals surface area contributed by atoms with Crippen molar-refractivity contribution in [1.82, 2.24) is 10.2 Å². The highest BCUT2D eigenvalue weighted by atomic mass is 16.4. The van der Waals surface area contributed by atoms with Crippen molar-refractivity contribution in [1.29, 1.82) is 0 Å². The summed E-state index contributed by atoms with van der Waals surface area (Å²) in [7, 11) is 1.46. The molecule has 2 amide bonds. The summed E-state index contributed by atoms with van der Waals surface area (Å²) in [6.07, 6.45) is 0.735. The van der Waals surface area contributed by atoms with Gasteiger partial charge in [-0.2, -0.15) is 0 Å². The lowest BCUT2D eigenvalue weighted by molar-refractivity contribution is -0.137. The molecular formula is C13H18N2O3. The zero-order valence-corrected chi connectivity index (χ0v) is 10.6. The number of aryl methyl sites for hydroxylation is 1. The van der Waals surface area contributed by atoms with Gasteiger partial charge in [-0.1, -0.05) is 24.3 Å². The predicted octanol–water partition coefficient (Wildman–Crippen LogP) is 1.26. The van der Waals surface area contributed by atoms with E-state index in [2.05, 4.69) is 5.32 Å². The van der Waals surface area contributed by atoms with Crippen molar-refractivity contribution in [2.24, 2.45) is 0 Å². The van der Waals surface area contributed by atoms with Gasteiger partial charge in [0, 0.05) is 13.6 Å². The van der Waals surface area contributed by atoms with Gasteiger partial charge in [-0.15, -0.1) is 0 Å². The molecule has 0 saturated heterocycles. The van der Waals surface area contributed by atoms with Crippen LogP contribution in [-0.2, 0) is 11.2 Å². The third kappa shape index (κ3) is 4.45. The van der Waals surface area contributed by atoms with Crippen LogP contribution >= 0.6 is 0 Å². The minimum atomic E-state index is -1.02. The van der Waals surface area contributed by atoms with Crippen LogP contribution in [0.2, 0.25) is 0 Å². The Balaban J connectivity index is 2.36. The van der Waals surface area contributed by atoms with Crippen LogP contribution in [0.5, 0.6) is 0 Å². The van der Waals surface area contributed by atoms with Crippen molar-refractivity contribution in [3.05, 3.63) is 35.4 Å². The van der Waals surface area contributed by atoms with Crippen LogP contribution in [0.15, 0.2) is 24.3 Å². The molecule has 1 aromatic rings. The average molecular weight is 250 g/mol. The van der Waals surface area contributed by atoms with E-state index in [1.807, 2.05) is 31.2 Å². The van der Waals surface area contributed by atoms with Crippen molar-refractivity contribution in [2.75, 3.05) is 20.1 Å². The summed E-state index contributed by atoms with van der Waals surface area (Å²) in [4.78, 5) is 23.1. The molecule has 0 aliphatic heterocycles. The second-order valence-corrected chi connectivity index (χ2v) is 4.16. The number of carbonyl (C=O) groups excluding carboxylic acids is 1. The molecule has 0 aliphatic rings. The van der Waals surface area contributed by atoms with E-state index in [4.69, 9.17) is 5.11 Å². The molecule has 0 saturated carbocycles. The van der Waals surface area contributed by atoms with Crippen LogP contribution in [0.1, 0.15) is 11.1 Å². The number of benzene rings is 1. The van der Waals surface area contributed by atoms with Crippen molar-refractivity contribution in [3.63, 3.8) is 0 Å². The molecule has 18 heavy (non-hydrogen) atoms. The van der Waals surface area contributed by atoms with Gasteiger partial charge in [0.25, 0.3) is 0 Å². The van der Waals surface area contributed by atoms with E-state index >= 15 is 0 Å². The van der Waals surface area contributed by atoms with Gasteiger partial charge in [0.05, 0.1) is 0 Å². The fourth-order valence-corrected chi connectivity index (χ4v) is 1.60. The van der Waals surface area contributed by atoms with E-state index < -0.39 is 5.97 Å². The summed E-state index contributed by atoms with van der Waals surface area (Å²) in [6, 6.07) is 7.60. The second kappa shape index (κ2) is 6.64. The topological polar surface area (TPSA) is 69.6 Å². The van der Waals surface area contributed by atoms with Crippen LogP contribution in [0, 0.1) is 6.92 Å². The van der Waals surface area contributed by atoms with E-state index in [1.165, 1.54) is 18.2 Å². The van der Waals surface area contributed by atoms with Gasteiger partial charge in [0.2, 0.25) is 0 Å². The Morgan fingerprint density at radius 1 is 1.33 bits per heavy atom. The van der Waals surface area contributed by atoms with E-state index in [-0.39, 0.29) is 12.6 Å². The Bertz CT molecular complexity index is 432. The monoisotopic (exact) mass is 250 g/mol. The molecule has 1 rings (SSSR count).